The number of benzene rings is 1. The van der Waals surface area contributed by atoms with E-state index in [-0.39, 0.29) is 11.9 Å². The number of aliphatic hydroxyl groups excluding tert-OH is 1. The van der Waals surface area contributed by atoms with Crippen molar-refractivity contribution in [3.8, 4) is 0 Å². The summed E-state index contributed by atoms with van der Waals surface area (Å²) in [5.74, 6) is -0.305. The molecule has 0 radical (unpaired) electrons. The minimum absolute atomic E-state index is 0.287. The molecular formula is C10H14FNO. The summed E-state index contributed by atoms with van der Waals surface area (Å²) in [5.41, 5.74) is 6.31. The van der Waals surface area contributed by atoms with Gasteiger partial charge in [0.05, 0.1) is 6.10 Å². The predicted molar refractivity (Wildman–Crippen MR) is 49.6 cm³/mol. The zero-order chi connectivity index (χ0) is 9.84. The summed E-state index contributed by atoms with van der Waals surface area (Å²) in [6.07, 6.45) is -0.0101. The van der Waals surface area contributed by atoms with E-state index in [0.29, 0.717) is 12.0 Å². The fraction of sp³-hybridized carbons (Fsp3) is 0.400. The zero-order valence-electron chi connectivity index (χ0n) is 7.57. The van der Waals surface area contributed by atoms with Gasteiger partial charge in [-0.2, -0.15) is 0 Å². The quantitative estimate of drug-likeness (QED) is 0.747. The van der Waals surface area contributed by atoms with Gasteiger partial charge >= 0.3 is 0 Å². The number of aliphatic hydroxyl groups is 1. The average molecular weight is 183 g/mol. The van der Waals surface area contributed by atoms with Crippen LogP contribution in [0.1, 0.15) is 25.0 Å². The summed E-state index contributed by atoms with van der Waals surface area (Å²) >= 11 is 0. The highest BCUT2D eigenvalue weighted by atomic mass is 19.1. The van der Waals surface area contributed by atoms with Crippen LogP contribution in [-0.4, -0.2) is 11.1 Å². The maximum atomic E-state index is 12.5. The van der Waals surface area contributed by atoms with Crippen molar-refractivity contribution in [2.75, 3.05) is 0 Å². The second-order valence-corrected chi connectivity index (χ2v) is 3.07. The number of halogens is 1. The molecule has 3 heteroatoms. The second-order valence-electron chi connectivity index (χ2n) is 3.07. The third-order valence-corrected chi connectivity index (χ3v) is 2.09. The molecule has 0 aliphatic carbocycles. The summed E-state index contributed by atoms with van der Waals surface area (Å²) in [5, 5.41) is 9.63. The molecule has 1 rings (SSSR count). The third-order valence-electron chi connectivity index (χ3n) is 2.09. The van der Waals surface area contributed by atoms with Gasteiger partial charge in [0.2, 0.25) is 0 Å². The lowest BCUT2D eigenvalue weighted by atomic mass is 10.0. The molecule has 0 saturated heterocycles. The molecule has 0 unspecified atom stereocenters. The molecular weight excluding hydrogens is 169 g/mol. The Morgan fingerprint density at radius 1 is 1.38 bits per heavy atom. The van der Waals surface area contributed by atoms with Gasteiger partial charge in [-0.15, -0.1) is 0 Å². The van der Waals surface area contributed by atoms with Crippen LogP contribution < -0.4 is 5.73 Å². The van der Waals surface area contributed by atoms with Gasteiger partial charge < -0.3 is 10.8 Å². The fourth-order valence-electron chi connectivity index (χ4n) is 1.13. The Kier molecular flexibility index (Phi) is 3.39. The average Bonchev–Trinajstić information content (AvgIpc) is 2.17. The van der Waals surface area contributed by atoms with Gasteiger partial charge in [-0.3, -0.25) is 0 Å². The zero-order valence-corrected chi connectivity index (χ0v) is 7.57. The molecule has 2 atom stereocenters. The van der Waals surface area contributed by atoms with Crippen molar-refractivity contribution in [3.05, 3.63) is 35.6 Å². The van der Waals surface area contributed by atoms with Crippen molar-refractivity contribution in [2.24, 2.45) is 5.73 Å². The summed E-state index contributed by atoms with van der Waals surface area (Å²) in [7, 11) is 0. The largest absolute Gasteiger partial charge is 0.387 e. The van der Waals surface area contributed by atoms with Crippen LogP contribution in [0.4, 0.5) is 4.39 Å². The monoisotopic (exact) mass is 183 g/mol. The number of hydrogen-bond donors (Lipinski definition) is 2. The summed E-state index contributed by atoms with van der Waals surface area (Å²) < 4.78 is 12.5. The molecule has 0 spiro atoms. The van der Waals surface area contributed by atoms with Crippen LogP contribution in [0.15, 0.2) is 24.3 Å². The maximum absolute atomic E-state index is 12.5. The first kappa shape index (κ1) is 10.2. The highest BCUT2D eigenvalue weighted by Gasteiger charge is 2.14. The third kappa shape index (κ3) is 2.50. The maximum Gasteiger partial charge on any atom is 0.123 e. The normalized spacial score (nSPS) is 15.4. The standard InChI is InChI=1S/C10H14FNO/c1-2-9(12)10(13)7-3-5-8(11)6-4-7/h3-6,9-10,13H,2,12H2,1H3/t9-,10+/m1/s1. The van der Waals surface area contributed by atoms with Gasteiger partial charge in [-0.25, -0.2) is 4.39 Å². The molecule has 0 aliphatic heterocycles. The Bertz CT molecular complexity index is 260. The summed E-state index contributed by atoms with van der Waals surface area (Å²) in [6, 6.07) is 5.46. The molecule has 2 nitrogen and oxygen atoms in total. The lowest BCUT2D eigenvalue weighted by Crippen LogP contribution is -2.27. The number of rotatable bonds is 3. The molecule has 1 aromatic carbocycles. The molecule has 0 fully saturated rings. The molecule has 0 aromatic heterocycles. The van der Waals surface area contributed by atoms with Crippen molar-refractivity contribution >= 4 is 0 Å². The van der Waals surface area contributed by atoms with Crippen molar-refractivity contribution in [2.45, 2.75) is 25.5 Å². The first-order valence-electron chi connectivity index (χ1n) is 4.34. The molecule has 1 aromatic rings. The fourth-order valence-corrected chi connectivity index (χ4v) is 1.13. The number of hydrogen-bond acceptors (Lipinski definition) is 2. The molecule has 0 bridgehead atoms. The van der Waals surface area contributed by atoms with Gasteiger partial charge in [0.25, 0.3) is 0 Å². The summed E-state index contributed by atoms with van der Waals surface area (Å²) in [4.78, 5) is 0. The van der Waals surface area contributed by atoms with Crippen LogP contribution in [-0.2, 0) is 0 Å². The molecule has 0 saturated carbocycles. The Labute approximate surface area is 77.2 Å². The molecule has 0 aliphatic rings. The van der Waals surface area contributed by atoms with E-state index in [1.54, 1.807) is 12.1 Å². The van der Waals surface area contributed by atoms with Gasteiger partial charge in [0.15, 0.2) is 0 Å². The highest BCUT2D eigenvalue weighted by Crippen LogP contribution is 2.17. The topological polar surface area (TPSA) is 46.2 Å². The minimum Gasteiger partial charge on any atom is -0.387 e. The van der Waals surface area contributed by atoms with E-state index in [9.17, 15) is 9.50 Å². The minimum atomic E-state index is -0.703. The van der Waals surface area contributed by atoms with E-state index in [2.05, 4.69) is 0 Å². The first-order valence-corrected chi connectivity index (χ1v) is 4.34. The van der Waals surface area contributed by atoms with Gasteiger partial charge in [-0.05, 0) is 24.1 Å². The van der Waals surface area contributed by atoms with Crippen LogP contribution in [0.5, 0.6) is 0 Å². The number of nitrogens with two attached hydrogens (primary N) is 1. The Balaban J connectivity index is 2.77. The van der Waals surface area contributed by atoms with Gasteiger partial charge in [0.1, 0.15) is 5.82 Å². The SMILES string of the molecule is CC[C@@H](N)[C@@H](O)c1ccc(F)cc1. The summed E-state index contributed by atoms with van der Waals surface area (Å²) in [6.45, 7) is 1.90. The van der Waals surface area contributed by atoms with E-state index in [0.717, 1.165) is 0 Å². The van der Waals surface area contributed by atoms with Gasteiger partial charge in [-0.1, -0.05) is 19.1 Å². The van der Waals surface area contributed by atoms with Crippen LogP contribution >= 0.6 is 0 Å². The van der Waals surface area contributed by atoms with E-state index >= 15 is 0 Å². The molecule has 0 heterocycles. The molecule has 13 heavy (non-hydrogen) atoms. The Morgan fingerprint density at radius 3 is 2.38 bits per heavy atom. The van der Waals surface area contributed by atoms with Crippen molar-refractivity contribution in [3.63, 3.8) is 0 Å². The smallest absolute Gasteiger partial charge is 0.123 e. The van der Waals surface area contributed by atoms with Crippen LogP contribution in [0.25, 0.3) is 0 Å². The molecule has 72 valence electrons. The molecule has 3 N–H and O–H groups in total. The predicted octanol–water partition coefficient (Wildman–Crippen LogP) is 1.60. The van der Waals surface area contributed by atoms with Crippen molar-refractivity contribution < 1.29 is 9.50 Å². The highest BCUT2D eigenvalue weighted by molar-refractivity contribution is 5.19. The van der Waals surface area contributed by atoms with Crippen LogP contribution in [0, 0.1) is 5.82 Å². The van der Waals surface area contributed by atoms with Crippen molar-refractivity contribution in [1.82, 2.24) is 0 Å². The van der Waals surface area contributed by atoms with E-state index < -0.39 is 6.10 Å². The van der Waals surface area contributed by atoms with Crippen molar-refractivity contribution in [1.29, 1.82) is 0 Å². The molecule has 0 amide bonds. The van der Waals surface area contributed by atoms with E-state index in [1.807, 2.05) is 6.92 Å². The Hall–Kier alpha value is -0.930. The lowest BCUT2D eigenvalue weighted by molar-refractivity contribution is 0.144. The van der Waals surface area contributed by atoms with E-state index in [1.165, 1.54) is 12.1 Å². The Morgan fingerprint density at radius 2 is 1.92 bits per heavy atom. The second kappa shape index (κ2) is 4.35. The van der Waals surface area contributed by atoms with Crippen LogP contribution in [0.3, 0.4) is 0 Å². The van der Waals surface area contributed by atoms with Gasteiger partial charge in [0, 0.05) is 6.04 Å². The lowest BCUT2D eigenvalue weighted by Gasteiger charge is -2.17. The van der Waals surface area contributed by atoms with Crippen LogP contribution in [0.2, 0.25) is 0 Å². The first-order chi connectivity index (χ1) is 6.15. The van der Waals surface area contributed by atoms with E-state index in [4.69, 9.17) is 5.73 Å².